The summed E-state index contributed by atoms with van der Waals surface area (Å²) in [7, 11) is 0. The molecule has 1 N–H and O–H groups in total. The Morgan fingerprint density at radius 1 is 1.15 bits per heavy atom. The molecule has 1 amide bonds. The molecule has 1 atom stereocenters. The number of aromatic nitrogens is 3. The molecule has 140 valence electrons. The average molecular weight is 363 g/mol. The standard InChI is InChI=1S/C21H25N5O/c1-3-25(4-2)19(17-8-6-5-7-9-17)15-24-21(27)18-10-11-23-20(14-18)26-13-12-22-16-26/h5-14,16,19H,3-4,15H2,1-2H3,(H,24,27). The summed E-state index contributed by atoms with van der Waals surface area (Å²) in [6.45, 7) is 6.67. The van der Waals surface area contributed by atoms with E-state index in [1.165, 1.54) is 5.56 Å². The maximum absolute atomic E-state index is 12.7. The maximum atomic E-state index is 12.7. The number of imidazole rings is 1. The number of hydrogen-bond acceptors (Lipinski definition) is 4. The van der Waals surface area contributed by atoms with E-state index in [0.29, 0.717) is 17.9 Å². The molecule has 3 aromatic rings. The summed E-state index contributed by atoms with van der Waals surface area (Å²) in [6, 6.07) is 13.9. The van der Waals surface area contributed by atoms with Gasteiger partial charge in [-0.1, -0.05) is 44.2 Å². The Bertz CT molecular complexity index is 844. The fraction of sp³-hybridized carbons (Fsp3) is 0.286. The Kier molecular flexibility index (Phi) is 6.33. The number of nitrogens with one attached hydrogen (secondary N) is 1. The van der Waals surface area contributed by atoms with Gasteiger partial charge in [0.15, 0.2) is 0 Å². The number of amides is 1. The van der Waals surface area contributed by atoms with Crippen LogP contribution in [0.4, 0.5) is 0 Å². The summed E-state index contributed by atoms with van der Waals surface area (Å²) < 4.78 is 1.78. The highest BCUT2D eigenvalue weighted by Gasteiger charge is 2.19. The molecule has 0 spiro atoms. The predicted molar refractivity (Wildman–Crippen MR) is 106 cm³/mol. The first kappa shape index (κ1) is 18.8. The minimum absolute atomic E-state index is 0.105. The molecule has 27 heavy (non-hydrogen) atoms. The summed E-state index contributed by atoms with van der Waals surface area (Å²) in [5.41, 5.74) is 1.79. The van der Waals surface area contributed by atoms with Crippen LogP contribution < -0.4 is 5.32 Å². The molecule has 0 aliphatic heterocycles. The summed E-state index contributed by atoms with van der Waals surface area (Å²) >= 11 is 0. The van der Waals surface area contributed by atoms with Crippen molar-refractivity contribution in [1.29, 1.82) is 0 Å². The topological polar surface area (TPSA) is 63.1 Å². The lowest BCUT2D eigenvalue weighted by Crippen LogP contribution is -2.38. The summed E-state index contributed by atoms with van der Waals surface area (Å²) in [5.74, 6) is 0.565. The highest BCUT2D eigenvalue weighted by Crippen LogP contribution is 2.19. The molecule has 0 fully saturated rings. The SMILES string of the molecule is CCN(CC)C(CNC(=O)c1ccnc(-n2ccnc2)c1)c1ccccc1. The van der Waals surface area contributed by atoms with E-state index in [9.17, 15) is 4.79 Å². The monoisotopic (exact) mass is 363 g/mol. The highest BCUT2D eigenvalue weighted by atomic mass is 16.1. The predicted octanol–water partition coefficient (Wildman–Crippen LogP) is 3.08. The number of benzene rings is 1. The second kappa shape index (κ2) is 9.09. The van der Waals surface area contributed by atoms with E-state index in [1.807, 2.05) is 18.2 Å². The van der Waals surface area contributed by atoms with Crippen molar-refractivity contribution in [1.82, 2.24) is 24.8 Å². The number of pyridine rings is 1. The van der Waals surface area contributed by atoms with E-state index >= 15 is 0 Å². The van der Waals surface area contributed by atoms with Crippen LogP contribution in [0.15, 0.2) is 67.4 Å². The third-order valence-corrected chi connectivity index (χ3v) is 4.67. The molecule has 0 radical (unpaired) electrons. The summed E-state index contributed by atoms with van der Waals surface area (Å²) in [5, 5.41) is 3.09. The van der Waals surface area contributed by atoms with Crippen molar-refractivity contribution in [2.45, 2.75) is 19.9 Å². The first-order valence-electron chi connectivity index (χ1n) is 9.24. The van der Waals surface area contributed by atoms with Crippen LogP contribution in [0.25, 0.3) is 5.82 Å². The summed E-state index contributed by atoms with van der Waals surface area (Å²) in [6.07, 6.45) is 6.79. The van der Waals surface area contributed by atoms with Crippen LogP contribution in [0, 0.1) is 0 Å². The van der Waals surface area contributed by atoms with Crippen LogP contribution in [0.2, 0.25) is 0 Å². The lowest BCUT2D eigenvalue weighted by molar-refractivity contribution is 0.0935. The fourth-order valence-electron chi connectivity index (χ4n) is 3.18. The molecule has 2 aromatic heterocycles. The lowest BCUT2D eigenvalue weighted by Gasteiger charge is -2.30. The van der Waals surface area contributed by atoms with E-state index < -0.39 is 0 Å². The highest BCUT2D eigenvalue weighted by molar-refractivity contribution is 5.94. The smallest absolute Gasteiger partial charge is 0.251 e. The van der Waals surface area contributed by atoms with Crippen LogP contribution in [-0.4, -0.2) is 45.0 Å². The zero-order chi connectivity index (χ0) is 19.1. The van der Waals surface area contributed by atoms with Gasteiger partial charge in [-0.2, -0.15) is 0 Å². The van der Waals surface area contributed by atoms with Crippen LogP contribution in [0.1, 0.15) is 35.8 Å². The zero-order valence-corrected chi connectivity index (χ0v) is 15.7. The maximum Gasteiger partial charge on any atom is 0.251 e. The van der Waals surface area contributed by atoms with E-state index in [1.54, 1.807) is 41.6 Å². The van der Waals surface area contributed by atoms with Gasteiger partial charge in [-0.25, -0.2) is 9.97 Å². The quantitative estimate of drug-likeness (QED) is 0.668. The minimum atomic E-state index is -0.105. The third kappa shape index (κ3) is 4.60. The Morgan fingerprint density at radius 2 is 1.93 bits per heavy atom. The van der Waals surface area contributed by atoms with Gasteiger partial charge in [-0.05, 0) is 30.8 Å². The van der Waals surface area contributed by atoms with E-state index in [-0.39, 0.29) is 11.9 Å². The molecule has 3 rings (SSSR count). The molecule has 6 heteroatoms. The number of carbonyl (C=O) groups excluding carboxylic acids is 1. The molecule has 2 heterocycles. The minimum Gasteiger partial charge on any atom is -0.350 e. The molecule has 1 unspecified atom stereocenters. The number of rotatable bonds is 8. The normalized spacial score (nSPS) is 12.1. The molecule has 0 saturated carbocycles. The second-order valence-electron chi connectivity index (χ2n) is 6.23. The van der Waals surface area contributed by atoms with Crippen molar-refractivity contribution in [3.8, 4) is 5.82 Å². The van der Waals surface area contributed by atoms with Crippen molar-refractivity contribution in [2.24, 2.45) is 0 Å². The Labute approximate surface area is 159 Å². The van der Waals surface area contributed by atoms with E-state index in [0.717, 1.165) is 13.1 Å². The Hall–Kier alpha value is -2.99. The summed E-state index contributed by atoms with van der Waals surface area (Å²) in [4.78, 5) is 23.4. The van der Waals surface area contributed by atoms with Crippen molar-refractivity contribution >= 4 is 5.91 Å². The number of hydrogen-bond donors (Lipinski definition) is 1. The number of likely N-dealkylation sites (N-methyl/N-ethyl adjacent to an activating group) is 1. The molecule has 0 aliphatic carbocycles. The number of nitrogens with zero attached hydrogens (tertiary/aromatic N) is 4. The number of carbonyl (C=O) groups is 1. The van der Waals surface area contributed by atoms with Gasteiger partial charge in [0.05, 0.1) is 6.04 Å². The fourth-order valence-corrected chi connectivity index (χ4v) is 3.18. The first-order chi connectivity index (χ1) is 13.2. The van der Waals surface area contributed by atoms with Crippen molar-refractivity contribution in [2.75, 3.05) is 19.6 Å². The van der Waals surface area contributed by atoms with E-state index in [2.05, 4.69) is 46.2 Å². The van der Waals surface area contributed by atoms with Gasteiger partial charge >= 0.3 is 0 Å². The van der Waals surface area contributed by atoms with E-state index in [4.69, 9.17) is 0 Å². The molecule has 6 nitrogen and oxygen atoms in total. The molecule has 1 aromatic carbocycles. The van der Waals surface area contributed by atoms with Crippen LogP contribution >= 0.6 is 0 Å². The van der Waals surface area contributed by atoms with Crippen LogP contribution in [0.5, 0.6) is 0 Å². The van der Waals surface area contributed by atoms with Gasteiger partial charge in [-0.15, -0.1) is 0 Å². The second-order valence-corrected chi connectivity index (χ2v) is 6.23. The largest absolute Gasteiger partial charge is 0.350 e. The molecule has 0 aliphatic rings. The Morgan fingerprint density at radius 3 is 2.59 bits per heavy atom. The van der Waals surface area contributed by atoms with Crippen LogP contribution in [-0.2, 0) is 0 Å². The third-order valence-electron chi connectivity index (χ3n) is 4.67. The van der Waals surface area contributed by atoms with Crippen molar-refractivity contribution in [3.63, 3.8) is 0 Å². The zero-order valence-electron chi connectivity index (χ0n) is 15.7. The van der Waals surface area contributed by atoms with Crippen molar-refractivity contribution in [3.05, 3.63) is 78.5 Å². The molecule has 0 bridgehead atoms. The molecule has 0 saturated heterocycles. The first-order valence-corrected chi connectivity index (χ1v) is 9.24. The lowest BCUT2D eigenvalue weighted by atomic mass is 10.0. The van der Waals surface area contributed by atoms with Crippen LogP contribution in [0.3, 0.4) is 0 Å². The molecular weight excluding hydrogens is 338 g/mol. The van der Waals surface area contributed by atoms with Gasteiger partial charge in [0.1, 0.15) is 12.1 Å². The van der Waals surface area contributed by atoms with Gasteiger partial charge < -0.3 is 5.32 Å². The van der Waals surface area contributed by atoms with Gasteiger partial charge in [0, 0.05) is 30.7 Å². The van der Waals surface area contributed by atoms with Gasteiger partial charge in [0.25, 0.3) is 5.91 Å². The Balaban J connectivity index is 1.73. The molecular formula is C21H25N5O. The van der Waals surface area contributed by atoms with Gasteiger partial charge in [0.2, 0.25) is 0 Å². The van der Waals surface area contributed by atoms with Crippen molar-refractivity contribution < 1.29 is 4.79 Å². The average Bonchev–Trinajstić information content (AvgIpc) is 3.26. The van der Waals surface area contributed by atoms with Gasteiger partial charge in [-0.3, -0.25) is 14.3 Å².